The number of carbonyl (C=O) groups excluding carboxylic acids is 1. The quantitative estimate of drug-likeness (QED) is 0.588. The summed E-state index contributed by atoms with van der Waals surface area (Å²) in [4.78, 5) is 19.2. The molecule has 0 aliphatic heterocycles. The maximum atomic E-state index is 12.3. The van der Waals surface area contributed by atoms with Gasteiger partial charge in [0.15, 0.2) is 11.5 Å². The van der Waals surface area contributed by atoms with Gasteiger partial charge < -0.3 is 19.8 Å². The monoisotopic (exact) mass is 429 g/mol. The Bertz CT molecular complexity index is 912. The molecule has 1 aromatic carbocycles. The number of pyridine rings is 1. The van der Waals surface area contributed by atoms with Gasteiger partial charge in [0.2, 0.25) is 0 Å². The van der Waals surface area contributed by atoms with Gasteiger partial charge in [-0.1, -0.05) is 6.07 Å². The van der Waals surface area contributed by atoms with Crippen LogP contribution in [-0.2, 0) is 6.61 Å². The zero-order valence-electron chi connectivity index (χ0n) is 15.0. The lowest BCUT2D eigenvalue weighted by molar-refractivity contribution is 0.0935. The Morgan fingerprint density at radius 3 is 2.67 bits per heavy atom. The standard InChI is InChI=1S/C20H20BrN3O3/c1-13(24-20(25)17-10-16(21)11-23-17)15-3-4-18(19(9-15)26-2)27-12-14-5-7-22-8-6-14/h3-11,13,23H,12H2,1-2H3,(H,24,25). The summed E-state index contributed by atoms with van der Waals surface area (Å²) in [5.41, 5.74) is 2.44. The highest BCUT2D eigenvalue weighted by Crippen LogP contribution is 2.31. The average molecular weight is 430 g/mol. The normalized spacial score (nSPS) is 11.7. The molecule has 0 saturated carbocycles. The number of H-pyrrole nitrogens is 1. The Morgan fingerprint density at radius 2 is 2.00 bits per heavy atom. The van der Waals surface area contributed by atoms with Crippen molar-refractivity contribution < 1.29 is 14.3 Å². The number of halogens is 1. The third-order valence-corrected chi connectivity index (χ3v) is 4.53. The van der Waals surface area contributed by atoms with Gasteiger partial charge in [0.1, 0.15) is 12.3 Å². The van der Waals surface area contributed by atoms with Gasteiger partial charge in [0.25, 0.3) is 5.91 Å². The summed E-state index contributed by atoms with van der Waals surface area (Å²) in [5.74, 6) is 1.08. The van der Waals surface area contributed by atoms with Crippen molar-refractivity contribution in [3.63, 3.8) is 0 Å². The molecule has 1 atom stereocenters. The second-order valence-corrected chi connectivity index (χ2v) is 6.90. The first kappa shape index (κ1) is 19.0. The van der Waals surface area contributed by atoms with Crippen molar-refractivity contribution in [1.82, 2.24) is 15.3 Å². The number of rotatable bonds is 7. The smallest absolute Gasteiger partial charge is 0.268 e. The largest absolute Gasteiger partial charge is 0.493 e. The number of methoxy groups -OCH3 is 1. The molecule has 0 fully saturated rings. The predicted octanol–water partition coefficient (Wildman–Crippen LogP) is 4.25. The SMILES string of the molecule is COc1cc(C(C)NC(=O)c2cc(Br)c[nH]2)ccc1OCc1ccncc1. The van der Waals surface area contributed by atoms with Crippen LogP contribution in [0.4, 0.5) is 0 Å². The first-order valence-electron chi connectivity index (χ1n) is 8.41. The lowest BCUT2D eigenvalue weighted by Crippen LogP contribution is -2.26. The minimum absolute atomic E-state index is 0.176. The number of nitrogens with zero attached hydrogens (tertiary/aromatic N) is 1. The number of aromatic amines is 1. The minimum Gasteiger partial charge on any atom is -0.493 e. The Balaban J connectivity index is 1.68. The van der Waals surface area contributed by atoms with Crippen LogP contribution in [0.15, 0.2) is 59.5 Å². The first-order valence-corrected chi connectivity index (χ1v) is 9.20. The molecule has 7 heteroatoms. The van der Waals surface area contributed by atoms with E-state index in [0.717, 1.165) is 15.6 Å². The van der Waals surface area contributed by atoms with Crippen molar-refractivity contribution in [2.75, 3.05) is 7.11 Å². The van der Waals surface area contributed by atoms with Gasteiger partial charge in [-0.3, -0.25) is 9.78 Å². The number of hydrogen-bond donors (Lipinski definition) is 2. The van der Waals surface area contributed by atoms with Crippen LogP contribution in [-0.4, -0.2) is 23.0 Å². The van der Waals surface area contributed by atoms with Crippen LogP contribution < -0.4 is 14.8 Å². The third-order valence-electron chi connectivity index (χ3n) is 4.07. The summed E-state index contributed by atoms with van der Waals surface area (Å²) < 4.78 is 12.1. The summed E-state index contributed by atoms with van der Waals surface area (Å²) in [6.07, 6.45) is 5.18. The number of nitrogens with one attached hydrogen (secondary N) is 2. The van der Waals surface area contributed by atoms with Crippen molar-refractivity contribution in [2.24, 2.45) is 0 Å². The van der Waals surface area contributed by atoms with Crippen molar-refractivity contribution in [1.29, 1.82) is 0 Å². The molecule has 1 amide bonds. The Morgan fingerprint density at radius 1 is 1.22 bits per heavy atom. The maximum Gasteiger partial charge on any atom is 0.268 e. The van der Waals surface area contributed by atoms with Crippen molar-refractivity contribution in [3.8, 4) is 11.5 Å². The number of aromatic nitrogens is 2. The van der Waals surface area contributed by atoms with Crippen LogP contribution in [0.25, 0.3) is 0 Å². The van der Waals surface area contributed by atoms with Crippen molar-refractivity contribution in [3.05, 3.63) is 76.3 Å². The van der Waals surface area contributed by atoms with Crippen LogP contribution in [0.1, 0.15) is 34.6 Å². The van der Waals surface area contributed by atoms with Crippen molar-refractivity contribution in [2.45, 2.75) is 19.6 Å². The van der Waals surface area contributed by atoms with Gasteiger partial charge in [-0.05, 0) is 64.3 Å². The Labute approximate surface area is 166 Å². The van der Waals surface area contributed by atoms with E-state index in [4.69, 9.17) is 9.47 Å². The van der Waals surface area contributed by atoms with E-state index in [-0.39, 0.29) is 11.9 Å². The molecule has 6 nitrogen and oxygen atoms in total. The molecule has 1 unspecified atom stereocenters. The van der Waals surface area contributed by atoms with Crippen LogP contribution in [0.5, 0.6) is 11.5 Å². The molecule has 0 aliphatic carbocycles. The highest BCUT2D eigenvalue weighted by molar-refractivity contribution is 9.10. The van der Waals surface area contributed by atoms with E-state index in [1.165, 1.54) is 0 Å². The van der Waals surface area contributed by atoms with E-state index in [1.807, 2.05) is 37.3 Å². The molecule has 3 aromatic rings. The summed E-state index contributed by atoms with van der Waals surface area (Å²) in [6, 6.07) is 11.0. The molecule has 27 heavy (non-hydrogen) atoms. The van der Waals surface area contributed by atoms with Gasteiger partial charge in [0.05, 0.1) is 13.2 Å². The topological polar surface area (TPSA) is 76.2 Å². The third kappa shape index (κ3) is 4.89. The maximum absolute atomic E-state index is 12.3. The molecule has 2 N–H and O–H groups in total. The van der Waals surface area contributed by atoms with Gasteiger partial charge in [-0.15, -0.1) is 0 Å². The summed E-state index contributed by atoms with van der Waals surface area (Å²) in [7, 11) is 1.60. The van der Waals surface area contributed by atoms with E-state index in [9.17, 15) is 4.79 Å². The fourth-order valence-electron chi connectivity index (χ4n) is 2.57. The van der Waals surface area contributed by atoms with Crippen LogP contribution in [0.2, 0.25) is 0 Å². The second-order valence-electron chi connectivity index (χ2n) is 5.98. The molecular weight excluding hydrogens is 410 g/mol. The van der Waals surface area contributed by atoms with E-state index in [2.05, 4.69) is 31.2 Å². The van der Waals surface area contributed by atoms with Gasteiger partial charge >= 0.3 is 0 Å². The molecule has 0 radical (unpaired) electrons. The van der Waals surface area contributed by atoms with E-state index in [1.54, 1.807) is 31.8 Å². The van der Waals surface area contributed by atoms with Crippen molar-refractivity contribution >= 4 is 21.8 Å². The highest BCUT2D eigenvalue weighted by atomic mass is 79.9. The lowest BCUT2D eigenvalue weighted by atomic mass is 10.1. The fraction of sp³-hybridized carbons (Fsp3) is 0.200. The molecule has 0 saturated heterocycles. The first-order chi connectivity index (χ1) is 13.1. The summed E-state index contributed by atoms with van der Waals surface area (Å²) in [6.45, 7) is 2.34. The van der Waals surface area contributed by atoms with E-state index >= 15 is 0 Å². The second kappa shape index (κ2) is 8.73. The summed E-state index contributed by atoms with van der Waals surface area (Å²) in [5, 5.41) is 2.96. The molecule has 2 aromatic heterocycles. The number of benzene rings is 1. The van der Waals surface area contributed by atoms with Gasteiger partial charge in [-0.2, -0.15) is 0 Å². The average Bonchev–Trinajstić information content (AvgIpc) is 3.13. The zero-order chi connectivity index (χ0) is 19.2. The van der Waals surface area contributed by atoms with Crippen LogP contribution in [0.3, 0.4) is 0 Å². The van der Waals surface area contributed by atoms with E-state index < -0.39 is 0 Å². The molecule has 2 heterocycles. The minimum atomic E-state index is -0.192. The zero-order valence-corrected chi connectivity index (χ0v) is 16.6. The predicted molar refractivity (Wildman–Crippen MR) is 106 cm³/mol. The molecule has 3 rings (SSSR count). The van der Waals surface area contributed by atoms with E-state index in [0.29, 0.717) is 23.8 Å². The van der Waals surface area contributed by atoms with Crippen LogP contribution in [0, 0.1) is 0 Å². The lowest BCUT2D eigenvalue weighted by Gasteiger charge is -2.17. The molecule has 140 valence electrons. The fourth-order valence-corrected chi connectivity index (χ4v) is 2.91. The van der Waals surface area contributed by atoms with Gasteiger partial charge in [0, 0.05) is 23.1 Å². The molecular formula is C20H20BrN3O3. The van der Waals surface area contributed by atoms with Gasteiger partial charge in [-0.25, -0.2) is 0 Å². The summed E-state index contributed by atoms with van der Waals surface area (Å²) >= 11 is 3.32. The molecule has 0 bridgehead atoms. The molecule has 0 spiro atoms. The molecule has 0 aliphatic rings. The number of amides is 1. The Kier molecular flexibility index (Phi) is 6.13. The number of ether oxygens (including phenoxy) is 2. The highest BCUT2D eigenvalue weighted by Gasteiger charge is 2.15. The number of carbonyl (C=O) groups is 1. The number of hydrogen-bond acceptors (Lipinski definition) is 4. The Hall–Kier alpha value is -2.80. The van der Waals surface area contributed by atoms with Crippen LogP contribution >= 0.6 is 15.9 Å².